The van der Waals surface area contributed by atoms with Gasteiger partial charge >= 0.3 is 0 Å². The predicted molar refractivity (Wildman–Crippen MR) is 50.4 cm³/mol. The van der Waals surface area contributed by atoms with Crippen molar-refractivity contribution in [2.75, 3.05) is 0 Å². The van der Waals surface area contributed by atoms with Gasteiger partial charge in [0.25, 0.3) is 0 Å². The van der Waals surface area contributed by atoms with Gasteiger partial charge in [0.15, 0.2) is 0 Å². The second-order valence-corrected chi connectivity index (χ2v) is 4.28. The highest BCUT2D eigenvalue weighted by molar-refractivity contribution is 8.00. The van der Waals surface area contributed by atoms with Gasteiger partial charge < -0.3 is 4.42 Å². The zero-order valence-electron chi connectivity index (χ0n) is 6.27. The number of aromatic nitrogens is 1. The Morgan fingerprint density at radius 1 is 1.58 bits per heavy atom. The van der Waals surface area contributed by atoms with Crippen LogP contribution in [-0.2, 0) is 5.75 Å². The predicted octanol–water partition coefficient (Wildman–Crippen LogP) is 3.03. The SMILES string of the molecule is c1coc(CSc2nccs2)c1. The van der Waals surface area contributed by atoms with Crippen molar-refractivity contribution in [2.24, 2.45) is 0 Å². The fourth-order valence-corrected chi connectivity index (χ4v) is 2.35. The molecule has 0 unspecified atom stereocenters. The molecule has 0 aliphatic rings. The lowest BCUT2D eigenvalue weighted by Crippen LogP contribution is -1.73. The summed E-state index contributed by atoms with van der Waals surface area (Å²) in [6.45, 7) is 0. The smallest absolute Gasteiger partial charge is 0.150 e. The molecule has 0 N–H and O–H groups in total. The highest BCUT2D eigenvalue weighted by Gasteiger charge is 1.99. The van der Waals surface area contributed by atoms with E-state index in [1.165, 1.54) is 0 Å². The molecule has 0 aliphatic heterocycles. The van der Waals surface area contributed by atoms with Gasteiger partial charge in [0.1, 0.15) is 10.1 Å². The van der Waals surface area contributed by atoms with Crippen LogP contribution in [-0.4, -0.2) is 4.98 Å². The third-order valence-electron chi connectivity index (χ3n) is 1.33. The van der Waals surface area contributed by atoms with Gasteiger partial charge in [-0.05, 0) is 12.1 Å². The van der Waals surface area contributed by atoms with Crippen LogP contribution >= 0.6 is 23.1 Å². The lowest BCUT2D eigenvalue weighted by atomic mass is 10.5. The van der Waals surface area contributed by atoms with E-state index < -0.39 is 0 Å². The van der Waals surface area contributed by atoms with Crippen molar-refractivity contribution in [3.05, 3.63) is 35.7 Å². The van der Waals surface area contributed by atoms with Crippen LogP contribution in [0.2, 0.25) is 0 Å². The Kier molecular flexibility index (Phi) is 2.48. The lowest BCUT2D eigenvalue weighted by Gasteiger charge is -1.91. The summed E-state index contributed by atoms with van der Waals surface area (Å²) in [6, 6.07) is 3.87. The van der Waals surface area contributed by atoms with Gasteiger partial charge in [-0.1, -0.05) is 11.8 Å². The summed E-state index contributed by atoms with van der Waals surface area (Å²) in [7, 11) is 0. The van der Waals surface area contributed by atoms with Crippen molar-refractivity contribution in [3.63, 3.8) is 0 Å². The normalized spacial score (nSPS) is 10.3. The first kappa shape index (κ1) is 7.89. The number of hydrogen-bond acceptors (Lipinski definition) is 4. The van der Waals surface area contributed by atoms with E-state index in [9.17, 15) is 0 Å². The van der Waals surface area contributed by atoms with Crippen LogP contribution in [0.5, 0.6) is 0 Å². The molecule has 62 valence electrons. The Hall–Kier alpha value is -0.740. The molecule has 0 atom stereocenters. The maximum atomic E-state index is 5.19. The number of nitrogens with zero attached hydrogens (tertiary/aromatic N) is 1. The lowest BCUT2D eigenvalue weighted by molar-refractivity contribution is 0.530. The van der Waals surface area contributed by atoms with Gasteiger partial charge in [0.05, 0.1) is 12.0 Å². The quantitative estimate of drug-likeness (QED) is 0.707. The Balaban J connectivity index is 1.91. The summed E-state index contributed by atoms with van der Waals surface area (Å²) in [5.41, 5.74) is 0. The summed E-state index contributed by atoms with van der Waals surface area (Å²) in [4.78, 5) is 4.16. The van der Waals surface area contributed by atoms with E-state index in [1.807, 2.05) is 23.7 Å². The molecule has 0 saturated heterocycles. The topological polar surface area (TPSA) is 26.0 Å². The molecule has 2 aromatic rings. The van der Waals surface area contributed by atoms with E-state index >= 15 is 0 Å². The summed E-state index contributed by atoms with van der Waals surface area (Å²) in [5, 5.41) is 1.98. The minimum Gasteiger partial charge on any atom is -0.468 e. The Morgan fingerprint density at radius 3 is 3.25 bits per heavy atom. The third-order valence-corrected chi connectivity index (χ3v) is 3.32. The monoisotopic (exact) mass is 197 g/mol. The molecule has 0 fully saturated rings. The number of thiazole rings is 1. The van der Waals surface area contributed by atoms with Crippen LogP contribution in [0.1, 0.15) is 5.76 Å². The van der Waals surface area contributed by atoms with Gasteiger partial charge in [-0.25, -0.2) is 4.98 Å². The molecule has 4 heteroatoms. The third kappa shape index (κ3) is 1.89. The second kappa shape index (κ2) is 3.78. The van der Waals surface area contributed by atoms with Crippen molar-refractivity contribution < 1.29 is 4.42 Å². The molecule has 0 aliphatic carbocycles. The van der Waals surface area contributed by atoms with Crippen molar-refractivity contribution >= 4 is 23.1 Å². The molecule has 0 bridgehead atoms. The van der Waals surface area contributed by atoms with Crippen LogP contribution in [0.15, 0.2) is 38.7 Å². The molecule has 2 rings (SSSR count). The average Bonchev–Trinajstić information content (AvgIpc) is 2.74. The zero-order chi connectivity index (χ0) is 8.23. The molecule has 0 amide bonds. The van der Waals surface area contributed by atoms with Crippen molar-refractivity contribution in [3.8, 4) is 0 Å². The highest BCUT2D eigenvalue weighted by atomic mass is 32.2. The molecule has 2 nitrogen and oxygen atoms in total. The fourth-order valence-electron chi connectivity index (χ4n) is 0.809. The van der Waals surface area contributed by atoms with E-state index in [2.05, 4.69) is 4.98 Å². The van der Waals surface area contributed by atoms with Crippen molar-refractivity contribution in [2.45, 2.75) is 10.1 Å². The van der Waals surface area contributed by atoms with Crippen LogP contribution in [0.4, 0.5) is 0 Å². The minimum absolute atomic E-state index is 0.862. The summed E-state index contributed by atoms with van der Waals surface area (Å²) in [6.07, 6.45) is 3.51. The number of rotatable bonds is 3. The van der Waals surface area contributed by atoms with Crippen LogP contribution in [0, 0.1) is 0 Å². The van der Waals surface area contributed by atoms with E-state index in [0.717, 1.165) is 15.9 Å². The van der Waals surface area contributed by atoms with Crippen LogP contribution in [0.25, 0.3) is 0 Å². The molecule has 0 saturated carbocycles. The van der Waals surface area contributed by atoms with Crippen LogP contribution < -0.4 is 0 Å². The molecule has 2 heterocycles. The maximum absolute atomic E-state index is 5.19. The molecule has 0 spiro atoms. The van der Waals surface area contributed by atoms with Crippen molar-refractivity contribution in [1.29, 1.82) is 0 Å². The molecular weight excluding hydrogens is 190 g/mol. The van der Waals surface area contributed by atoms with Gasteiger partial charge in [-0.2, -0.15) is 0 Å². The van der Waals surface area contributed by atoms with E-state index in [1.54, 1.807) is 29.4 Å². The molecule has 12 heavy (non-hydrogen) atoms. The van der Waals surface area contributed by atoms with E-state index in [0.29, 0.717) is 0 Å². The molecular formula is C8H7NOS2. The summed E-state index contributed by atoms with van der Waals surface area (Å²) >= 11 is 3.35. The van der Waals surface area contributed by atoms with Gasteiger partial charge in [0, 0.05) is 11.6 Å². The Bertz CT molecular complexity index is 280. The number of thioether (sulfide) groups is 1. The van der Waals surface area contributed by atoms with E-state index in [4.69, 9.17) is 4.42 Å². The standard InChI is InChI=1S/C8H7NOS2/c1-2-7(10-4-1)6-12-8-9-3-5-11-8/h1-5H,6H2. The molecule has 0 aromatic carbocycles. The van der Waals surface area contributed by atoms with Crippen molar-refractivity contribution in [1.82, 2.24) is 4.98 Å². The van der Waals surface area contributed by atoms with Gasteiger partial charge in [-0.3, -0.25) is 0 Å². The number of hydrogen-bond donors (Lipinski definition) is 0. The van der Waals surface area contributed by atoms with Gasteiger partial charge in [0.2, 0.25) is 0 Å². The molecule has 2 aromatic heterocycles. The van der Waals surface area contributed by atoms with Gasteiger partial charge in [-0.15, -0.1) is 11.3 Å². The number of furan rings is 1. The summed E-state index contributed by atoms with van der Waals surface area (Å²) in [5.74, 6) is 1.86. The largest absolute Gasteiger partial charge is 0.468 e. The Labute approximate surface area is 78.6 Å². The first-order valence-electron chi connectivity index (χ1n) is 3.50. The summed E-state index contributed by atoms with van der Waals surface area (Å²) < 4.78 is 6.28. The first-order valence-corrected chi connectivity index (χ1v) is 5.36. The highest BCUT2D eigenvalue weighted by Crippen LogP contribution is 2.24. The van der Waals surface area contributed by atoms with Crippen LogP contribution in [0.3, 0.4) is 0 Å². The maximum Gasteiger partial charge on any atom is 0.150 e. The molecule has 0 radical (unpaired) electrons. The fraction of sp³-hybridized carbons (Fsp3) is 0.125. The van der Waals surface area contributed by atoms with E-state index in [-0.39, 0.29) is 0 Å². The Morgan fingerprint density at radius 2 is 2.58 bits per heavy atom. The average molecular weight is 197 g/mol. The first-order chi connectivity index (χ1) is 5.95. The second-order valence-electron chi connectivity index (χ2n) is 2.17. The minimum atomic E-state index is 0.862. The zero-order valence-corrected chi connectivity index (χ0v) is 7.90.